The zero-order valence-electron chi connectivity index (χ0n) is 17.7. The van der Waals surface area contributed by atoms with Crippen LogP contribution in [-0.2, 0) is 21.4 Å². The lowest BCUT2D eigenvalue weighted by atomic mass is 10.1. The molecule has 11 heteroatoms. The number of carbonyl (C=O) groups excluding carboxylic acids is 1. The molecule has 170 valence electrons. The molecule has 1 atom stereocenters. The van der Waals surface area contributed by atoms with Crippen molar-refractivity contribution in [2.24, 2.45) is 0 Å². The molecule has 8 nitrogen and oxygen atoms in total. The summed E-state index contributed by atoms with van der Waals surface area (Å²) in [7, 11) is 0.357. The molecule has 0 spiro atoms. The highest BCUT2D eigenvalue weighted by Gasteiger charge is 2.30. The summed E-state index contributed by atoms with van der Waals surface area (Å²) < 4.78 is 68.1. The maximum Gasteiger partial charge on any atom is 0.243 e. The number of amides is 1. The third kappa shape index (κ3) is 5.35. The highest BCUT2D eigenvalue weighted by molar-refractivity contribution is 7.92. The van der Waals surface area contributed by atoms with E-state index in [1.54, 1.807) is 12.1 Å². The van der Waals surface area contributed by atoms with Crippen LogP contribution in [0.1, 0.15) is 12.5 Å². The minimum Gasteiger partial charge on any atom is -0.493 e. The summed E-state index contributed by atoms with van der Waals surface area (Å²) in [5.41, 5.74) is 0.382. The molecular weight excluding hydrogens is 434 g/mol. The molecule has 2 aromatic carbocycles. The number of sulfonamides is 1. The summed E-state index contributed by atoms with van der Waals surface area (Å²) in [4.78, 5) is 12.7. The molecule has 0 radical (unpaired) electrons. The summed E-state index contributed by atoms with van der Waals surface area (Å²) in [6.45, 7) is 1.32. The van der Waals surface area contributed by atoms with Gasteiger partial charge in [-0.1, -0.05) is 0 Å². The molecule has 31 heavy (non-hydrogen) atoms. The third-order valence-corrected chi connectivity index (χ3v) is 5.73. The van der Waals surface area contributed by atoms with Gasteiger partial charge in [-0.15, -0.1) is 0 Å². The molecule has 1 N–H and O–H groups in total. The van der Waals surface area contributed by atoms with Gasteiger partial charge in [0.25, 0.3) is 0 Å². The molecule has 1 amide bonds. The predicted octanol–water partition coefficient (Wildman–Crippen LogP) is 2.46. The number of rotatable bonds is 9. The zero-order valence-corrected chi connectivity index (χ0v) is 18.5. The van der Waals surface area contributed by atoms with Gasteiger partial charge in [0.1, 0.15) is 6.04 Å². The van der Waals surface area contributed by atoms with Gasteiger partial charge >= 0.3 is 0 Å². The van der Waals surface area contributed by atoms with Crippen molar-refractivity contribution in [1.82, 2.24) is 5.32 Å². The van der Waals surface area contributed by atoms with Crippen LogP contribution >= 0.6 is 0 Å². The Morgan fingerprint density at radius 2 is 1.68 bits per heavy atom. The Balaban J connectivity index is 2.28. The number of benzene rings is 2. The van der Waals surface area contributed by atoms with Crippen LogP contribution < -0.4 is 23.8 Å². The fourth-order valence-corrected chi connectivity index (χ4v) is 4.23. The van der Waals surface area contributed by atoms with Gasteiger partial charge in [-0.25, -0.2) is 17.2 Å². The lowest BCUT2D eigenvalue weighted by Gasteiger charge is -2.28. The van der Waals surface area contributed by atoms with Crippen LogP contribution in [0.3, 0.4) is 0 Å². The molecule has 0 bridgehead atoms. The van der Waals surface area contributed by atoms with Gasteiger partial charge in [0.05, 0.1) is 33.3 Å². The quantitative estimate of drug-likeness (QED) is 0.621. The predicted molar refractivity (Wildman–Crippen MR) is 111 cm³/mol. The van der Waals surface area contributed by atoms with Gasteiger partial charge < -0.3 is 19.5 Å². The maximum atomic E-state index is 13.6. The van der Waals surface area contributed by atoms with Crippen molar-refractivity contribution < 1.29 is 36.2 Å². The van der Waals surface area contributed by atoms with E-state index in [2.05, 4.69) is 5.32 Å². The first kappa shape index (κ1) is 24.2. The van der Waals surface area contributed by atoms with Crippen LogP contribution in [-0.4, -0.2) is 48.0 Å². The molecule has 0 unspecified atom stereocenters. The molecular formula is C20H24F2N2O6S. The molecule has 0 aliphatic heterocycles. The topological polar surface area (TPSA) is 94.2 Å². The Morgan fingerprint density at radius 1 is 1.03 bits per heavy atom. The van der Waals surface area contributed by atoms with Crippen molar-refractivity contribution in [1.29, 1.82) is 0 Å². The first-order chi connectivity index (χ1) is 14.5. The van der Waals surface area contributed by atoms with E-state index in [4.69, 9.17) is 14.2 Å². The first-order valence-electron chi connectivity index (χ1n) is 9.05. The van der Waals surface area contributed by atoms with E-state index in [1.807, 2.05) is 0 Å². The number of nitrogens with zero attached hydrogens (tertiary/aromatic N) is 1. The highest BCUT2D eigenvalue weighted by atomic mass is 32.2. The van der Waals surface area contributed by atoms with Gasteiger partial charge in [-0.2, -0.15) is 0 Å². The number of hydrogen-bond acceptors (Lipinski definition) is 6. The van der Waals surface area contributed by atoms with E-state index in [1.165, 1.54) is 28.3 Å². The molecule has 0 fully saturated rings. The summed E-state index contributed by atoms with van der Waals surface area (Å²) >= 11 is 0. The van der Waals surface area contributed by atoms with Crippen molar-refractivity contribution in [3.05, 3.63) is 47.5 Å². The van der Waals surface area contributed by atoms with E-state index in [9.17, 15) is 22.0 Å². The van der Waals surface area contributed by atoms with Crippen molar-refractivity contribution in [3.8, 4) is 17.2 Å². The van der Waals surface area contributed by atoms with Crippen LogP contribution in [0.2, 0.25) is 0 Å². The van der Waals surface area contributed by atoms with Crippen molar-refractivity contribution >= 4 is 21.6 Å². The lowest BCUT2D eigenvalue weighted by molar-refractivity contribution is -0.122. The largest absolute Gasteiger partial charge is 0.493 e. The number of carbonyl (C=O) groups is 1. The van der Waals surface area contributed by atoms with E-state index in [0.717, 1.165) is 28.8 Å². The fourth-order valence-electron chi connectivity index (χ4n) is 3.06. The van der Waals surface area contributed by atoms with Crippen LogP contribution in [0, 0.1) is 11.6 Å². The Labute approximate surface area is 179 Å². The Kier molecular flexibility index (Phi) is 7.66. The van der Waals surface area contributed by atoms with E-state index in [-0.39, 0.29) is 12.2 Å². The number of halogens is 2. The normalized spacial score (nSPS) is 12.1. The maximum absolute atomic E-state index is 13.6. The van der Waals surface area contributed by atoms with Crippen LogP contribution in [0.15, 0.2) is 30.3 Å². The number of hydrogen-bond donors (Lipinski definition) is 1. The average molecular weight is 458 g/mol. The van der Waals surface area contributed by atoms with Crippen molar-refractivity contribution in [2.75, 3.05) is 31.9 Å². The fraction of sp³-hybridized carbons (Fsp3) is 0.350. The second-order valence-electron chi connectivity index (χ2n) is 6.54. The van der Waals surface area contributed by atoms with Crippen LogP contribution in [0.25, 0.3) is 0 Å². The Bertz CT molecular complexity index is 1060. The Morgan fingerprint density at radius 3 is 2.19 bits per heavy atom. The average Bonchev–Trinajstić information content (AvgIpc) is 2.72. The van der Waals surface area contributed by atoms with Gasteiger partial charge in [-0.05, 0) is 31.2 Å². The van der Waals surface area contributed by atoms with Gasteiger partial charge in [-0.3, -0.25) is 9.10 Å². The third-order valence-electron chi connectivity index (χ3n) is 4.48. The van der Waals surface area contributed by atoms with E-state index >= 15 is 0 Å². The second-order valence-corrected chi connectivity index (χ2v) is 8.40. The zero-order chi connectivity index (χ0) is 23.3. The van der Waals surface area contributed by atoms with E-state index in [0.29, 0.717) is 22.8 Å². The summed E-state index contributed by atoms with van der Waals surface area (Å²) in [5, 5.41) is 2.62. The number of ether oxygens (including phenoxy) is 3. The van der Waals surface area contributed by atoms with Crippen LogP contribution in [0.4, 0.5) is 14.5 Å². The monoisotopic (exact) mass is 458 g/mol. The minimum absolute atomic E-state index is 0.0118. The molecule has 0 saturated heterocycles. The number of methoxy groups -OCH3 is 3. The Hall–Kier alpha value is -3.08. The van der Waals surface area contributed by atoms with Crippen LogP contribution in [0.5, 0.6) is 17.2 Å². The molecule has 2 rings (SSSR count). The van der Waals surface area contributed by atoms with Crippen molar-refractivity contribution in [3.63, 3.8) is 0 Å². The highest BCUT2D eigenvalue weighted by Crippen LogP contribution is 2.39. The molecule has 0 saturated carbocycles. The number of anilines is 1. The molecule has 0 aliphatic carbocycles. The molecule has 0 aliphatic rings. The molecule has 2 aromatic rings. The number of nitrogens with one attached hydrogen (secondary N) is 1. The van der Waals surface area contributed by atoms with Crippen molar-refractivity contribution in [2.45, 2.75) is 19.5 Å². The lowest BCUT2D eigenvalue weighted by Crippen LogP contribution is -2.47. The SMILES string of the molecule is COc1ccc(CNC(=O)[C@H](C)N(c2ccc(F)c(F)c2)S(C)(=O)=O)c(OC)c1OC. The summed E-state index contributed by atoms with van der Waals surface area (Å²) in [6, 6.07) is 4.65. The van der Waals surface area contributed by atoms with Gasteiger partial charge in [0, 0.05) is 18.2 Å². The summed E-state index contributed by atoms with van der Waals surface area (Å²) in [5.74, 6) is -1.90. The smallest absolute Gasteiger partial charge is 0.243 e. The second kappa shape index (κ2) is 9.82. The minimum atomic E-state index is -3.99. The van der Waals surface area contributed by atoms with E-state index < -0.39 is 33.6 Å². The standard InChI is InChI=1S/C20H24F2N2O6S/c1-12(24(31(5,26)27)14-7-8-15(21)16(22)10-14)20(25)23-11-13-6-9-17(28-2)19(30-4)18(13)29-3/h6-10,12H,11H2,1-5H3,(H,23,25)/t12-/m0/s1. The summed E-state index contributed by atoms with van der Waals surface area (Å²) in [6.07, 6.45) is 0.870. The molecule has 0 heterocycles. The molecule has 0 aromatic heterocycles. The van der Waals surface area contributed by atoms with Gasteiger partial charge in [0.2, 0.25) is 21.7 Å². The van der Waals surface area contributed by atoms with Gasteiger partial charge in [0.15, 0.2) is 23.1 Å². The first-order valence-corrected chi connectivity index (χ1v) is 10.9.